The Morgan fingerprint density at radius 3 is 2.48 bits per heavy atom. The first-order valence-corrected chi connectivity index (χ1v) is 8.51. The van der Waals surface area contributed by atoms with Crippen molar-refractivity contribution in [3.63, 3.8) is 0 Å². The van der Waals surface area contributed by atoms with Crippen LogP contribution in [-0.2, 0) is 25.4 Å². The normalized spacial score (nSPS) is 20.9. The van der Waals surface area contributed by atoms with Crippen molar-refractivity contribution in [2.45, 2.75) is 44.9 Å². The number of benzene rings is 1. The molecule has 1 amide bonds. The van der Waals surface area contributed by atoms with E-state index in [0.29, 0.717) is 11.4 Å². The van der Waals surface area contributed by atoms with Crippen LogP contribution in [0.3, 0.4) is 0 Å². The third-order valence-corrected chi connectivity index (χ3v) is 4.02. The molecule has 6 nitrogen and oxygen atoms in total. The Bertz CT molecular complexity index is 611. The van der Waals surface area contributed by atoms with Gasteiger partial charge in [-0.15, -0.1) is 0 Å². The van der Waals surface area contributed by atoms with Gasteiger partial charge < -0.3 is 14.2 Å². The molecule has 138 valence electrons. The fourth-order valence-corrected chi connectivity index (χ4v) is 2.70. The minimum Gasteiger partial charge on any atom is -0.467 e. The molecule has 0 saturated carbocycles. The molecule has 0 spiro atoms. The summed E-state index contributed by atoms with van der Waals surface area (Å²) in [5.41, 5.74) is 0.393. The molecule has 0 aromatic heterocycles. The standard InChI is InChI=1S/C18H24ClNO5/c1-18(2,3)25-17(22)20-10-15(16(21)23-4)24-11-14(20)9-12-5-7-13(19)8-6-12/h5-8,14-15H,9-11H2,1-4H3. The van der Waals surface area contributed by atoms with Gasteiger partial charge in [0.15, 0.2) is 6.10 Å². The summed E-state index contributed by atoms with van der Waals surface area (Å²) in [6.07, 6.45) is -0.702. The maximum absolute atomic E-state index is 12.6. The van der Waals surface area contributed by atoms with E-state index in [4.69, 9.17) is 25.8 Å². The van der Waals surface area contributed by atoms with Crippen LogP contribution >= 0.6 is 11.6 Å². The molecule has 1 saturated heterocycles. The summed E-state index contributed by atoms with van der Waals surface area (Å²) in [7, 11) is 1.29. The van der Waals surface area contributed by atoms with E-state index in [0.717, 1.165) is 5.56 Å². The zero-order valence-corrected chi connectivity index (χ0v) is 15.7. The van der Waals surface area contributed by atoms with Gasteiger partial charge in [-0.1, -0.05) is 23.7 Å². The predicted molar refractivity (Wildman–Crippen MR) is 93.6 cm³/mol. The summed E-state index contributed by atoms with van der Waals surface area (Å²) in [6.45, 7) is 5.73. The number of methoxy groups -OCH3 is 1. The highest BCUT2D eigenvalue weighted by Gasteiger charge is 2.38. The number of halogens is 1. The maximum atomic E-state index is 12.6. The van der Waals surface area contributed by atoms with Crippen LogP contribution in [0.2, 0.25) is 5.02 Å². The van der Waals surface area contributed by atoms with E-state index in [1.807, 2.05) is 12.1 Å². The Morgan fingerprint density at radius 2 is 1.92 bits per heavy atom. The van der Waals surface area contributed by atoms with Crippen LogP contribution in [-0.4, -0.2) is 55.0 Å². The summed E-state index contributed by atoms with van der Waals surface area (Å²) in [6, 6.07) is 7.17. The zero-order valence-electron chi connectivity index (χ0n) is 15.0. The summed E-state index contributed by atoms with van der Waals surface area (Å²) < 4.78 is 15.8. The Hall–Kier alpha value is -1.79. The quantitative estimate of drug-likeness (QED) is 0.766. The lowest BCUT2D eigenvalue weighted by Crippen LogP contribution is -2.56. The molecule has 2 rings (SSSR count). The molecule has 2 atom stereocenters. The summed E-state index contributed by atoms with van der Waals surface area (Å²) in [5.74, 6) is -0.501. The maximum Gasteiger partial charge on any atom is 0.410 e. The van der Waals surface area contributed by atoms with Crippen LogP contribution in [0.1, 0.15) is 26.3 Å². The molecule has 1 fully saturated rings. The molecule has 1 aromatic carbocycles. The van der Waals surface area contributed by atoms with Crippen molar-refractivity contribution in [3.8, 4) is 0 Å². The summed E-state index contributed by atoms with van der Waals surface area (Å²) in [5, 5.41) is 0.651. The molecule has 1 aliphatic rings. The number of hydrogen-bond donors (Lipinski definition) is 0. The minimum atomic E-state index is -0.806. The smallest absolute Gasteiger partial charge is 0.410 e. The van der Waals surface area contributed by atoms with Gasteiger partial charge in [-0.2, -0.15) is 0 Å². The van der Waals surface area contributed by atoms with Gasteiger partial charge >= 0.3 is 12.1 Å². The molecule has 0 aliphatic carbocycles. The van der Waals surface area contributed by atoms with Gasteiger partial charge in [0.2, 0.25) is 0 Å². The molecule has 0 bridgehead atoms. The van der Waals surface area contributed by atoms with Gasteiger partial charge in [0.25, 0.3) is 0 Å². The van der Waals surface area contributed by atoms with Crippen molar-refractivity contribution in [2.24, 2.45) is 0 Å². The summed E-state index contributed by atoms with van der Waals surface area (Å²) >= 11 is 5.92. The first kappa shape index (κ1) is 19.5. The van der Waals surface area contributed by atoms with Crippen LogP contribution in [0.5, 0.6) is 0 Å². The molecular formula is C18H24ClNO5. The fourth-order valence-electron chi connectivity index (χ4n) is 2.58. The van der Waals surface area contributed by atoms with Crippen molar-refractivity contribution in [1.82, 2.24) is 4.90 Å². The second-order valence-corrected chi connectivity index (χ2v) is 7.40. The number of esters is 1. The van der Waals surface area contributed by atoms with Crippen LogP contribution in [0.4, 0.5) is 4.79 Å². The van der Waals surface area contributed by atoms with E-state index in [1.54, 1.807) is 37.8 Å². The third-order valence-electron chi connectivity index (χ3n) is 3.77. The lowest BCUT2D eigenvalue weighted by molar-refractivity contribution is -0.162. The third kappa shape index (κ3) is 5.61. The van der Waals surface area contributed by atoms with Gasteiger partial charge in [-0.3, -0.25) is 4.90 Å². The Morgan fingerprint density at radius 1 is 1.28 bits per heavy atom. The van der Waals surface area contributed by atoms with E-state index in [9.17, 15) is 9.59 Å². The largest absolute Gasteiger partial charge is 0.467 e. The van der Waals surface area contributed by atoms with E-state index in [-0.39, 0.29) is 19.2 Å². The van der Waals surface area contributed by atoms with E-state index in [2.05, 4.69) is 0 Å². The molecule has 25 heavy (non-hydrogen) atoms. The topological polar surface area (TPSA) is 65.1 Å². The van der Waals surface area contributed by atoms with Gasteiger partial charge in [0, 0.05) is 5.02 Å². The molecular weight excluding hydrogens is 346 g/mol. The van der Waals surface area contributed by atoms with Crippen molar-refractivity contribution in [2.75, 3.05) is 20.3 Å². The molecule has 0 N–H and O–H groups in total. The molecule has 0 radical (unpaired) electrons. The number of carbonyl (C=O) groups excluding carboxylic acids is 2. The van der Waals surface area contributed by atoms with E-state index in [1.165, 1.54) is 7.11 Å². The number of nitrogens with zero attached hydrogens (tertiary/aromatic N) is 1. The minimum absolute atomic E-state index is 0.0971. The predicted octanol–water partition coefficient (Wildman–Crippen LogP) is 3.06. The van der Waals surface area contributed by atoms with Crippen molar-refractivity contribution in [1.29, 1.82) is 0 Å². The SMILES string of the molecule is COC(=O)C1CN(C(=O)OC(C)(C)C)C(Cc2ccc(Cl)cc2)CO1. The molecule has 1 aromatic rings. The van der Waals surface area contributed by atoms with Crippen LogP contribution in [0.15, 0.2) is 24.3 Å². The fraction of sp³-hybridized carbons (Fsp3) is 0.556. The number of ether oxygens (including phenoxy) is 3. The Balaban J connectivity index is 2.15. The lowest BCUT2D eigenvalue weighted by Gasteiger charge is -2.39. The van der Waals surface area contributed by atoms with Gasteiger partial charge in [0.05, 0.1) is 26.3 Å². The Labute approximate surface area is 153 Å². The van der Waals surface area contributed by atoms with Crippen molar-refractivity contribution >= 4 is 23.7 Å². The van der Waals surface area contributed by atoms with Crippen molar-refractivity contribution in [3.05, 3.63) is 34.9 Å². The zero-order chi connectivity index (χ0) is 18.6. The van der Waals surface area contributed by atoms with Gasteiger partial charge in [-0.25, -0.2) is 9.59 Å². The van der Waals surface area contributed by atoms with Crippen LogP contribution in [0, 0.1) is 0 Å². The number of hydrogen-bond acceptors (Lipinski definition) is 5. The highest BCUT2D eigenvalue weighted by molar-refractivity contribution is 6.30. The highest BCUT2D eigenvalue weighted by Crippen LogP contribution is 2.21. The first-order valence-electron chi connectivity index (χ1n) is 8.13. The number of morpholine rings is 1. The van der Waals surface area contributed by atoms with E-state index >= 15 is 0 Å². The van der Waals surface area contributed by atoms with Crippen LogP contribution < -0.4 is 0 Å². The monoisotopic (exact) mass is 369 g/mol. The lowest BCUT2D eigenvalue weighted by atomic mass is 10.0. The highest BCUT2D eigenvalue weighted by atomic mass is 35.5. The molecule has 2 unspecified atom stereocenters. The average molecular weight is 370 g/mol. The number of carbonyl (C=O) groups is 2. The van der Waals surface area contributed by atoms with Crippen molar-refractivity contribution < 1.29 is 23.8 Å². The first-order chi connectivity index (χ1) is 11.7. The summed E-state index contributed by atoms with van der Waals surface area (Å²) in [4.78, 5) is 25.9. The average Bonchev–Trinajstić information content (AvgIpc) is 2.55. The van der Waals surface area contributed by atoms with Gasteiger partial charge in [-0.05, 0) is 44.9 Å². The van der Waals surface area contributed by atoms with Crippen LogP contribution in [0.25, 0.3) is 0 Å². The second kappa shape index (κ2) is 8.06. The second-order valence-electron chi connectivity index (χ2n) is 6.96. The molecule has 1 aliphatic heterocycles. The van der Waals surface area contributed by atoms with Gasteiger partial charge in [0.1, 0.15) is 5.60 Å². The number of rotatable bonds is 3. The van der Waals surface area contributed by atoms with E-state index < -0.39 is 23.8 Å². The molecule has 7 heteroatoms. The Kier molecular flexibility index (Phi) is 6.30. The molecule has 1 heterocycles. The number of amides is 1.